The monoisotopic (exact) mass is 332 g/mol. The number of unbranched alkanes of at least 4 members (excludes halogenated alkanes) is 1. The average molecular weight is 332 g/mol. The summed E-state index contributed by atoms with van der Waals surface area (Å²) >= 11 is 0. The molecular formula is C13H33O5PS. The van der Waals surface area contributed by atoms with Crippen molar-refractivity contribution in [3.8, 4) is 0 Å². The third kappa shape index (κ3) is 9.24. The minimum atomic E-state index is -4.67. The van der Waals surface area contributed by atoms with Crippen molar-refractivity contribution in [1.82, 2.24) is 0 Å². The summed E-state index contributed by atoms with van der Waals surface area (Å²) in [7, 11) is -5.84. The number of aliphatic hydroxyl groups excluding tert-OH is 1. The standard InChI is InChI=1S/C13H31OP.H2O4S/c1-11(2)15(12(3)4,13(5)6)10-8-7-9-14;1-5(2,3)4/h11-15H,7-10H2,1-6H3;(H2,1,2,3,4). The van der Waals surface area contributed by atoms with Crippen LogP contribution in [0.3, 0.4) is 0 Å². The maximum absolute atomic E-state index is 8.89. The molecule has 0 amide bonds. The molecule has 126 valence electrons. The summed E-state index contributed by atoms with van der Waals surface area (Å²) in [6, 6.07) is 0. The third-order valence-electron chi connectivity index (χ3n) is 4.24. The maximum Gasteiger partial charge on any atom is 0.394 e. The van der Waals surface area contributed by atoms with Crippen molar-refractivity contribution in [3.63, 3.8) is 0 Å². The van der Waals surface area contributed by atoms with Crippen molar-refractivity contribution in [1.29, 1.82) is 0 Å². The molecule has 0 heterocycles. The van der Waals surface area contributed by atoms with E-state index < -0.39 is 17.7 Å². The van der Waals surface area contributed by atoms with Crippen LogP contribution in [0.25, 0.3) is 0 Å². The Kier molecular flexibility index (Phi) is 11.3. The van der Waals surface area contributed by atoms with E-state index in [4.69, 9.17) is 22.6 Å². The zero-order valence-corrected chi connectivity index (χ0v) is 15.4. The van der Waals surface area contributed by atoms with Crippen LogP contribution in [0.1, 0.15) is 54.4 Å². The number of aliphatic hydroxyl groups is 1. The Morgan fingerprint density at radius 3 is 1.35 bits per heavy atom. The van der Waals surface area contributed by atoms with Gasteiger partial charge in [0.05, 0.1) is 0 Å². The summed E-state index contributed by atoms with van der Waals surface area (Å²) in [6.07, 6.45) is 3.60. The minimum absolute atomic E-state index is 0.360. The summed E-state index contributed by atoms with van der Waals surface area (Å²) in [4.78, 5) is 0. The molecule has 0 aromatic heterocycles. The van der Waals surface area contributed by atoms with E-state index in [-0.39, 0.29) is 0 Å². The first kappa shape index (κ1) is 22.5. The molecule has 0 aliphatic rings. The molecular weight excluding hydrogens is 299 g/mol. The van der Waals surface area contributed by atoms with Gasteiger partial charge in [-0.05, 0) is 0 Å². The summed E-state index contributed by atoms with van der Waals surface area (Å²) < 4.78 is 31.6. The zero-order chi connectivity index (χ0) is 16.6. The molecule has 0 atom stereocenters. The van der Waals surface area contributed by atoms with E-state index in [2.05, 4.69) is 41.5 Å². The van der Waals surface area contributed by atoms with Gasteiger partial charge in [0.2, 0.25) is 0 Å². The van der Waals surface area contributed by atoms with Crippen LogP contribution in [0.15, 0.2) is 0 Å². The van der Waals surface area contributed by atoms with Crippen molar-refractivity contribution in [2.45, 2.75) is 71.4 Å². The van der Waals surface area contributed by atoms with E-state index in [1.54, 1.807) is 0 Å². The summed E-state index contributed by atoms with van der Waals surface area (Å²) in [5, 5.41) is 8.89. The second-order valence-corrected chi connectivity index (χ2v) is 13.3. The van der Waals surface area contributed by atoms with Crippen LogP contribution >= 0.6 is 7.26 Å². The zero-order valence-electron chi connectivity index (χ0n) is 13.6. The molecule has 0 bridgehead atoms. The molecule has 0 aliphatic heterocycles. The first-order valence-electron chi connectivity index (χ1n) is 7.20. The van der Waals surface area contributed by atoms with Crippen LogP contribution < -0.4 is 0 Å². The van der Waals surface area contributed by atoms with Crippen LogP contribution in [-0.2, 0) is 10.4 Å². The van der Waals surface area contributed by atoms with Crippen molar-refractivity contribution < 1.29 is 22.6 Å². The Labute approximate surface area is 125 Å². The van der Waals surface area contributed by atoms with Crippen LogP contribution in [0.5, 0.6) is 0 Å². The topological polar surface area (TPSA) is 94.8 Å². The molecule has 0 aliphatic carbocycles. The summed E-state index contributed by atoms with van der Waals surface area (Å²) in [5.74, 6) is 0. The van der Waals surface area contributed by atoms with E-state index in [1.165, 1.54) is 12.6 Å². The Bertz CT molecular complexity index is 309. The molecule has 5 nitrogen and oxygen atoms in total. The van der Waals surface area contributed by atoms with Gasteiger partial charge >= 0.3 is 107 Å². The smallest absolute Gasteiger partial charge is 0.264 e. The van der Waals surface area contributed by atoms with Crippen LogP contribution in [0.2, 0.25) is 0 Å². The fourth-order valence-corrected chi connectivity index (χ4v) is 10.0. The number of hydrogen-bond donors (Lipinski definition) is 3. The van der Waals surface area contributed by atoms with Gasteiger partial charge in [-0.3, -0.25) is 9.11 Å². The number of rotatable bonds is 7. The largest absolute Gasteiger partial charge is 0.394 e. The third-order valence-corrected chi connectivity index (χ3v) is 11.9. The SMILES string of the molecule is CC(C)[PH](CCCCO)(C(C)C)C(C)C.O=S(=O)(O)O. The Balaban J connectivity index is 0. The molecule has 0 saturated carbocycles. The van der Waals surface area contributed by atoms with Crippen molar-refractivity contribution in [2.75, 3.05) is 12.8 Å². The molecule has 0 aromatic carbocycles. The summed E-state index contributed by atoms with van der Waals surface area (Å²) in [5.41, 5.74) is 2.57. The second kappa shape index (κ2) is 10.1. The Morgan fingerprint density at radius 1 is 0.850 bits per heavy atom. The molecule has 0 unspecified atom stereocenters. The van der Waals surface area contributed by atoms with Crippen LogP contribution in [-0.4, -0.2) is 52.4 Å². The van der Waals surface area contributed by atoms with Gasteiger partial charge in [0, 0.05) is 0 Å². The number of hydrogen-bond acceptors (Lipinski definition) is 3. The van der Waals surface area contributed by atoms with Gasteiger partial charge in [0.15, 0.2) is 0 Å². The molecule has 0 radical (unpaired) electrons. The normalized spacial score (nSPS) is 13.6. The van der Waals surface area contributed by atoms with E-state index in [0.29, 0.717) is 6.61 Å². The minimum Gasteiger partial charge on any atom is -0.264 e. The summed E-state index contributed by atoms with van der Waals surface area (Å²) in [6.45, 7) is 14.8. The van der Waals surface area contributed by atoms with Crippen molar-refractivity contribution >= 4 is 17.7 Å². The molecule has 7 heteroatoms. The van der Waals surface area contributed by atoms with Gasteiger partial charge in [-0.1, -0.05) is 0 Å². The fraction of sp³-hybridized carbons (Fsp3) is 1.00. The first-order valence-corrected chi connectivity index (χ1v) is 11.0. The Morgan fingerprint density at radius 2 is 1.15 bits per heavy atom. The Hall–Kier alpha value is 0.260. The predicted octanol–water partition coefficient (Wildman–Crippen LogP) is 3.08. The van der Waals surface area contributed by atoms with E-state index >= 15 is 0 Å². The van der Waals surface area contributed by atoms with Gasteiger partial charge in [-0.15, -0.1) is 0 Å². The second-order valence-electron chi connectivity index (χ2n) is 6.21. The molecule has 20 heavy (non-hydrogen) atoms. The van der Waals surface area contributed by atoms with E-state index in [0.717, 1.165) is 23.4 Å². The molecule has 0 rings (SSSR count). The van der Waals surface area contributed by atoms with Crippen molar-refractivity contribution in [2.24, 2.45) is 0 Å². The molecule has 0 aromatic rings. The molecule has 3 N–H and O–H groups in total. The van der Waals surface area contributed by atoms with Gasteiger partial charge in [0.25, 0.3) is 0 Å². The van der Waals surface area contributed by atoms with E-state index in [1.807, 2.05) is 0 Å². The fourth-order valence-electron chi connectivity index (χ4n) is 3.41. The molecule has 0 spiro atoms. The molecule has 0 fully saturated rings. The molecule has 0 saturated heterocycles. The maximum atomic E-state index is 8.89. The van der Waals surface area contributed by atoms with E-state index in [9.17, 15) is 0 Å². The van der Waals surface area contributed by atoms with Gasteiger partial charge < -0.3 is 0 Å². The average Bonchev–Trinajstić information content (AvgIpc) is 2.20. The van der Waals surface area contributed by atoms with Gasteiger partial charge in [-0.2, -0.15) is 8.42 Å². The predicted molar refractivity (Wildman–Crippen MR) is 89.1 cm³/mol. The van der Waals surface area contributed by atoms with Crippen LogP contribution in [0.4, 0.5) is 0 Å². The van der Waals surface area contributed by atoms with Crippen molar-refractivity contribution in [3.05, 3.63) is 0 Å². The quantitative estimate of drug-likeness (QED) is 0.378. The van der Waals surface area contributed by atoms with Gasteiger partial charge in [-0.25, -0.2) is 0 Å². The van der Waals surface area contributed by atoms with Gasteiger partial charge in [0.1, 0.15) is 0 Å². The first-order chi connectivity index (χ1) is 8.89. The van der Waals surface area contributed by atoms with Crippen LogP contribution in [0, 0.1) is 0 Å².